The van der Waals surface area contributed by atoms with Crippen molar-refractivity contribution in [1.82, 2.24) is 10.6 Å². The number of amides is 1. The van der Waals surface area contributed by atoms with Crippen molar-refractivity contribution in [2.75, 3.05) is 0 Å². The lowest BCUT2D eigenvalue weighted by Crippen LogP contribution is -2.57. The maximum Gasteiger partial charge on any atom is 0.293 e. The van der Waals surface area contributed by atoms with Crippen LogP contribution >= 0.6 is 23.8 Å². The molecule has 0 unspecified atom stereocenters. The molecular weight excluding hydrogens is 404 g/mol. The quantitative estimate of drug-likeness (QED) is 0.648. The summed E-state index contributed by atoms with van der Waals surface area (Å²) in [5.41, 5.74) is 1.84. The number of hydrogen-bond acceptors (Lipinski definition) is 3. The third-order valence-corrected chi connectivity index (χ3v) is 7.66. The summed E-state index contributed by atoms with van der Waals surface area (Å²) in [5, 5.41) is 7.34. The van der Waals surface area contributed by atoms with Crippen LogP contribution in [0.1, 0.15) is 48.2 Å². The molecule has 6 rings (SSSR count). The van der Waals surface area contributed by atoms with Gasteiger partial charge >= 0.3 is 0 Å². The summed E-state index contributed by atoms with van der Waals surface area (Å²) in [5.74, 6) is 3.75. The van der Waals surface area contributed by atoms with Crippen LogP contribution < -0.4 is 10.6 Å². The Hall–Kier alpha value is -1.85. The molecule has 1 aromatic heterocycles. The summed E-state index contributed by atoms with van der Waals surface area (Å²) in [4.78, 5) is 12.6. The lowest BCUT2D eigenvalue weighted by Gasteiger charge is -2.54. The third kappa shape index (κ3) is 3.71. The van der Waals surface area contributed by atoms with Crippen LogP contribution in [0.15, 0.2) is 34.7 Å². The molecule has 0 atom stereocenters. The molecule has 1 aromatic carbocycles. The van der Waals surface area contributed by atoms with E-state index in [1.165, 1.54) is 32.1 Å². The van der Waals surface area contributed by atoms with Crippen LogP contribution in [0, 0.1) is 30.6 Å². The van der Waals surface area contributed by atoms with Gasteiger partial charge in [-0.1, -0.05) is 23.7 Å². The van der Waals surface area contributed by atoms with E-state index in [1.54, 1.807) is 12.1 Å². The lowest BCUT2D eigenvalue weighted by atomic mass is 9.54. The Balaban J connectivity index is 1.22. The van der Waals surface area contributed by atoms with Crippen LogP contribution in [0.25, 0.3) is 11.3 Å². The van der Waals surface area contributed by atoms with E-state index < -0.39 is 0 Å². The van der Waals surface area contributed by atoms with E-state index in [4.69, 9.17) is 28.2 Å². The summed E-state index contributed by atoms with van der Waals surface area (Å²) < 4.78 is 5.75. The number of halogens is 1. The Morgan fingerprint density at radius 2 is 1.76 bits per heavy atom. The van der Waals surface area contributed by atoms with E-state index in [9.17, 15) is 4.79 Å². The summed E-state index contributed by atoms with van der Waals surface area (Å²) in [7, 11) is 0. The van der Waals surface area contributed by atoms with Crippen molar-refractivity contribution in [3.8, 4) is 11.3 Å². The zero-order chi connectivity index (χ0) is 20.1. The topological polar surface area (TPSA) is 54.3 Å². The minimum Gasteiger partial charge on any atom is -0.451 e. The molecule has 2 aromatic rings. The largest absolute Gasteiger partial charge is 0.451 e. The summed E-state index contributed by atoms with van der Waals surface area (Å²) >= 11 is 11.7. The lowest BCUT2D eigenvalue weighted by molar-refractivity contribution is -0.00692. The van der Waals surface area contributed by atoms with Crippen molar-refractivity contribution in [2.45, 2.75) is 45.1 Å². The van der Waals surface area contributed by atoms with E-state index in [-0.39, 0.29) is 11.7 Å². The molecule has 4 nitrogen and oxygen atoms in total. The van der Waals surface area contributed by atoms with E-state index >= 15 is 0 Å². The Kier molecular flexibility index (Phi) is 4.91. The van der Waals surface area contributed by atoms with E-state index in [2.05, 4.69) is 10.6 Å². The monoisotopic (exact) mass is 428 g/mol. The summed E-state index contributed by atoms with van der Waals surface area (Å²) in [6, 6.07) is 9.56. The van der Waals surface area contributed by atoms with Crippen LogP contribution in [-0.2, 0) is 0 Å². The second kappa shape index (κ2) is 7.44. The van der Waals surface area contributed by atoms with Gasteiger partial charge in [0.05, 0.1) is 0 Å². The summed E-state index contributed by atoms with van der Waals surface area (Å²) in [6.07, 6.45) is 6.65. The highest BCUT2D eigenvalue weighted by atomic mass is 35.5. The third-order valence-electron chi connectivity index (χ3n) is 7.04. The van der Waals surface area contributed by atoms with Gasteiger partial charge in [-0.3, -0.25) is 10.1 Å². The molecule has 0 radical (unpaired) electrons. The van der Waals surface area contributed by atoms with Gasteiger partial charge in [-0.2, -0.15) is 0 Å². The second-order valence-electron chi connectivity index (χ2n) is 9.01. The van der Waals surface area contributed by atoms with Crippen molar-refractivity contribution in [3.05, 3.63) is 46.7 Å². The van der Waals surface area contributed by atoms with Gasteiger partial charge in [0.2, 0.25) is 0 Å². The van der Waals surface area contributed by atoms with Crippen molar-refractivity contribution < 1.29 is 9.21 Å². The molecule has 0 aliphatic heterocycles. The van der Waals surface area contributed by atoms with Gasteiger partial charge in [-0.05, 0) is 98.7 Å². The Morgan fingerprint density at radius 3 is 2.41 bits per heavy atom. The molecule has 29 heavy (non-hydrogen) atoms. The molecule has 4 bridgehead atoms. The maximum atomic E-state index is 12.6. The first-order valence-electron chi connectivity index (χ1n) is 10.4. The minimum atomic E-state index is -0.323. The number of carbonyl (C=O) groups excluding carboxylic acids is 1. The number of carbonyl (C=O) groups is 1. The Labute approximate surface area is 181 Å². The fraction of sp³-hybridized carbons (Fsp3) is 0.478. The molecule has 4 aliphatic carbocycles. The van der Waals surface area contributed by atoms with Crippen molar-refractivity contribution in [1.29, 1.82) is 0 Å². The normalized spacial score (nSPS) is 29.7. The first-order valence-corrected chi connectivity index (χ1v) is 11.2. The number of benzene rings is 1. The van der Waals surface area contributed by atoms with Gasteiger partial charge in [-0.15, -0.1) is 0 Å². The number of aryl methyl sites for hydroxylation is 1. The molecular formula is C23H25ClN2O2S. The van der Waals surface area contributed by atoms with E-state index in [0.717, 1.165) is 23.0 Å². The molecule has 6 heteroatoms. The van der Waals surface area contributed by atoms with E-state index in [1.807, 2.05) is 25.1 Å². The minimum absolute atomic E-state index is 0.242. The predicted octanol–water partition coefficient (Wildman–Crippen LogP) is 5.34. The van der Waals surface area contributed by atoms with Crippen LogP contribution in [0.2, 0.25) is 5.02 Å². The molecule has 4 fully saturated rings. The van der Waals surface area contributed by atoms with E-state index in [0.29, 0.717) is 33.8 Å². The Morgan fingerprint density at radius 1 is 1.07 bits per heavy atom. The summed E-state index contributed by atoms with van der Waals surface area (Å²) in [6.45, 7) is 1.95. The number of thiocarbonyl (C=S) groups is 1. The first-order chi connectivity index (χ1) is 14.0. The van der Waals surface area contributed by atoms with Crippen LogP contribution in [0.5, 0.6) is 0 Å². The first kappa shape index (κ1) is 19.1. The highest BCUT2D eigenvalue weighted by Crippen LogP contribution is 2.53. The smallest absolute Gasteiger partial charge is 0.293 e. The number of hydrogen-bond donors (Lipinski definition) is 2. The molecule has 2 N–H and O–H groups in total. The van der Waals surface area contributed by atoms with Gasteiger partial charge in [0.1, 0.15) is 5.76 Å². The van der Waals surface area contributed by atoms with Crippen LogP contribution in [0.4, 0.5) is 0 Å². The predicted molar refractivity (Wildman–Crippen MR) is 118 cm³/mol. The zero-order valence-electron chi connectivity index (χ0n) is 16.4. The number of furan rings is 1. The average Bonchev–Trinajstić information content (AvgIpc) is 3.17. The van der Waals surface area contributed by atoms with Gasteiger partial charge < -0.3 is 9.73 Å². The van der Waals surface area contributed by atoms with Crippen molar-refractivity contribution in [3.63, 3.8) is 0 Å². The maximum absolute atomic E-state index is 12.6. The highest BCUT2D eigenvalue weighted by molar-refractivity contribution is 7.80. The van der Waals surface area contributed by atoms with Crippen LogP contribution in [-0.4, -0.2) is 17.1 Å². The zero-order valence-corrected chi connectivity index (χ0v) is 18.0. The fourth-order valence-corrected chi connectivity index (χ4v) is 6.28. The molecule has 0 spiro atoms. The molecule has 0 saturated heterocycles. The number of rotatable bonds is 3. The average molecular weight is 429 g/mol. The molecule has 152 valence electrons. The van der Waals surface area contributed by atoms with Crippen LogP contribution in [0.3, 0.4) is 0 Å². The van der Waals surface area contributed by atoms with Gasteiger partial charge in [0.25, 0.3) is 5.91 Å². The second-order valence-corrected chi connectivity index (χ2v) is 9.83. The van der Waals surface area contributed by atoms with Crippen molar-refractivity contribution >= 4 is 34.8 Å². The fourth-order valence-electron chi connectivity index (χ4n) is 5.87. The van der Waals surface area contributed by atoms with Gasteiger partial charge in [-0.25, -0.2) is 0 Å². The molecule has 1 amide bonds. The van der Waals surface area contributed by atoms with Gasteiger partial charge in [0, 0.05) is 16.6 Å². The molecule has 1 heterocycles. The SMILES string of the molecule is Cc1ccc(-c2ccc(C(=O)NC(=S)NC3C4CC5CC(C4)CC3C5)o2)cc1Cl. The van der Waals surface area contributed by atoms with Crippen molar-refractivity contribution in [2.24, 2.45) is 23.7 Å². The standard InChI is InChI=1S/C23H25ClN2O2S/c1-12-2-3-15(11-18(12)24)19-4-5-20(28-19)22(27)26-23(29)25-21-16-7-13-6-14(9-16)10-17(21)8-13/h2-5,11,13-14,16-17,21H,6-10H2,1H3,(H2,25,26,27,29). The highest BCUT2D eigenvalue weighted by Gasteiger charge is 2.48. The van der Waals surface area contributed by atoms with Gasteiger partial charge in [0.15, 0.2) is 10.9 Å². The molecule has 4 saturated carbocycles. The molecule has 4 aliphatic rings. The number of nitrogens with one attached hydrogen (secondary N) is 2. The Bertz CT molecular complexity index is 942.